The molecule has 0 aromatic rings. The Hall–Kier alpha value is -1.09. The van der Waals surface area contributed by atoms with Crippen molar-refractivity contribution >= 4 is 5.97 Å². The zero-order valence-corrected chi connectivity index (χ0v) is 16.1. The van der Waals surface area contributed by atoms with Crippen molar-refractivity contribution < 1.29 is 14.6 Å². The third kappa shape index (κ3) is 6.80. The van der Waals surface area contributed by atoms with Gasteiger partial charge in [0.1, 0.15) is 0 Å². The molecule has 1 atom stereocenters. The first kappa shape index (κ1) is 21.0. The Labute approximate surface area is 147 Å². The van der Waals surface area contributed by atoms with Crippen molar-refractivity contribution in [2.24, 2.45) is 11.8 Å². The molecule has 1 aliphatic heterocycles. The van der Waals surface area contributed by atoms with Crippen molar-refractivity contribution in [3.05, 3.63) is 0 Å². The molecule has 0 amide bonds. The summed E-state index contributed by atoms with van der Waals surface area (Å²) in [5, 5.41) is 9.21. The van der Waals surface area contributed by atoms with E-state index in [0.717, 1.165) is 32.5 Å². The molecule has 0 saturated carbocycles. The monoisotopic (exact) mass is 338 g/mol. The molecular weight excluding hydrogens is 304 g/mol. The quantitative estimate of drug-likeness (QED) is 0.721. The smallest absolute Gasteiger partial charge is 0.309 e. The van der Waals surface area contributed by atoms with E-state index in [-0.39, 0.29) is 17.6 Å². The highest BCUT2D eigenvalue weighted by Crippen LogP contribution is 2.18. The van der Waals surface area contributed by atoms with Gasteiger partial charge >= 0.3 is 5.97 Å². The van der Waals surface area contributed by atoms with E-state index < -0.39 is 11.9 Å². The van der Waals surface area contributed by atoms with Crippen LogP contribution in [0.2, 0.25) is 0 Å². The van der Waals surface area contributed by atoms with Crippen LogP contribution in [0.5, 0.6) is 0 Å². The zero-order chi connectivity index (χ0) is 18.3. The van der Waals surface area contributed by atoms with Gasteiger partial charge in [0.15, 0.2) is 0 Å². The van der Waals surface area contributed by atoms with E-state index >= 15 is 0 Å². The lowest BCUT2D eigenvalue weighted by molar-refractivity contribution is -0.147. The van der Waals surface area contributed by atoms with Crippen molar-refractivity contribution in [2.45, 2.75) is 52.2 Å². The van der Waals surface area contributed by atoms with Crippen molar-refractivity contribution in [1.29, 1.82) is 0 Å². The Kier molecular flexibility index (Phi) is 8.21. The highest BCUT2D eigenvalue weighted by atomic mass is 16.5. The predicted octanol–water partition coefficient (Wildman–Crippen LogP) is 2.17. The standard InChI is InChI=1S/C19H34N2O3/c1-15(2)17(18(22)23)14-24-16-8-12-21(13-9-16)11-7-10-19(3,4)20(5)6/h15-17H,8-9,11-14H2,1-6H3,(H,22,23)/t17-/m0/s1. The van der Waals surface area contributed by atoms with E-state index in [1.165, 1.54) is 0 Å². The Morgan fingerprint density at radius 2 is 1.92 bits per heavy atom. The van der Waals surface area contributed by atoms with E-state index in [4.69, 9.17) is 4.74 Å². The van der Waals surface area contributed by atoms with E-state index in [9.17, 15) is 9.90 Å². The first-order chi connectivity index (χ1) is 11.1. The number of piperidine rings is 1. The normalized spacial score (nSPS) is 18.5. The Bertz CT molecular complexity index is 455. The fourth-order valence-corrected chi connectivity index (χ4v) is 2.50. The van der Waals surface area contributed by atoms with Gasteiger partial charge in [0.2, 0.25) is 0 Å². The molecule has 0 aliphatic carbocycles. The fraction of sp³-hybridized carbons (Fsp3) is 0.842. The van der Waals surface area contributed by atoms with E-state index in [1.54, 1.807) is 0 Å². The topological polar surface area (TPSA) is 53.0 Å². The van der Waals surface area contributed by atoms with Crippen LogP contribution < -0.4 is 0 Å². The van der Waals surface area contributed by atoms with Gasteiger partial charge in [-0.15, -0.1) is 0 Å². The average Bonchev–Trinajstić information content (AvgIpc) is 2.48. The number of hydrogen-bond acceptors (Lipinski definition) is 4. The van der Waals surface area contributed by atoms with Crippen LogP contribution in [0.25, 0.3) is 0 Å². The SMILES string of the molecule is CC(C)[C@H](COC1CCN(CC#CC(C)(C)N(C)C)CC1)C(=O)O. The number of nitrogens with zero attached hydrogens (tertiary/aromatic N) is 2. The lowest BCUT2D eigenvalue weighted by atomic mass is 9.97. The van der Waals surface area contributed by atoms with Crippen LogP contribution in [-0.2, 0) is 9.53 Å². The Balaban J connectivity index is 2.35. The van der Waals surface area contributed by atoms with Crippen molar-refractivity contribution in [3.63, 3.8) is 0 Å². The van der Waals surface area contributed by atoms with Crippen molar-refractivity contribution in [3.8, 4) is 11.8 Å². The maximum atomic E-state index is 11.2. The second kappa shape index (κ2) is 9.41. The highest BCUT2D eigenvalue weighted by molar-refractivity contribution is 5.70. The van der Waals surface area contributed by atoms with Gasteiger partial charge in [0, 0.05) is 13.1 Å². The van der Waals surface area contributed by atoms with Crippen molar-refractivity contribution in [1.82, 2.24) is 9.80 Å². The molecule has 138 valence electrons. The second-order valence-electron chi connectivity index (χ2n) is 7.75. The van der Waals surface area contributed by atoms with Gasteiger partial charge in [-0.3, -0.25) is 14.6 Å². The first-order valence-corrected chi connectivity index (χ1v) is 8.87. The third-order valence-electron chi connectivity index (χ3n) is 4.98. The lowest BCUT2D eigenvalue weighted by Gasteiger charge is -2.31. The lowest BCUT2D eigenvalue weighted by Crippen LogP contribution is -2.39. The van der Waals surface area contributed by atoms with Gasteiger partial charge in [0.25, 0.3) is 0 Å². The third-order valence-corrected chi connectivity index (χ3v) is 4.98. The summed E-state index contributed by atoms with van der Waals surface area (Å²) in [5.74, 6) is 5.52. The fourth-order valence-electron chi connectivity index (χ4n) is 2.50. The summed E-state index contributed by atoms with van der Waals surface area (Å²) in [7, 11) is 4.08. The molecule has 0 bridgehead atoms. The average molecular weight is 338 g/mol. The summed E-state index contributed by atoms with van der Waals surface area (Å²) < 4.78 is 5.86. The first-order valence-electron chi connectivity index (χ1n) is 8.87. The molecule has 1 fully saturated rings. The predicted molar refractivity (Wildman–Crippen MR) is 96.9 cm³/mol. The Morgan fingerprint density at radius 3 is 2.38 bits per heavy atom. The molecule has 0 unspecified atom stereocenters. The van der Waals surface area contributed by atoms with Gasteiger partial charge in [-0.05, 0) is 46.7 Å². The largest absolute Gasteiger partial charge is 0.481 e. The zero-order valence-electron chi connectivity index (χ0n) is 16.1. The number of carbonyl (C=O) groups is 1. The molecular formula is C19H34N2O3. The summed E-state index contributed by atoms with van der Waals surface area (Å²) in [6, 6.07) is 0. The molecule has 1 N–H and O–H groups in total. The molecule has 1 aliphatic rings. The van der Waals surface area contributed by atoms with E-state index in [2.05, 4.69) is 35.5 Å². The van der Waals surface area contributed by atoms with Crippen LogP contribution in [0.3, 0.4) is 0 Å². The number of hydrogen-bond donors (Lipinski definition) is 1. The van der Waals surface area contributed by atoms with Gasteiger partial charge in [-0.2, -0.15) is 0 Å². The van der Waals surface area contributed by atoms with Crippen LogP contribution in [0.1, 0.15) is 40.5 Å². The number of carboxylic acid groups (broad SMARTS) is 1. The molecule has 0 spiro atoms. The molecule has 5 nitrogen and oxygen atoms in total. The molecule has 1 heterocycles. The Morgan fingerprint density at radius 1 is 1.33 bits per heavy atom. The van der Waals surface area contributed by atoms with Crippen LogP contribution in [0.15, 0.2) is 0 Å². The number of rotatable bonds is 7. The van der Waals surface area contributed by atoms with Crippen molar-refractivity contribution in [2.75, 3.05) is 40.3 Å². The summed E-state index contributed by atoms with van der Waals surface area (Å²) in [6.45, 7) is 11.1. The van der Waals surface area contributed by atoms with E-state index in [1.807, 2.05) is 27.9 Å². The summed E-state index contributed by atoms with van der Waals surface area (Å²) in [4.78, 5) is 15.7. The molecule has 24 heavy (non-hydrogen) atoms. The highest BCUT2D eigenvalue weighted by Gasteiger charge is 2.25. The van der Waals surface area contributed by atoms with Crippen LogP contribution in [-0.4, -0.2) is 72.9 Å². The number of carboxylic acids is 1. The minimum absolute atomic E-state index is 0.0953. The summed E-state index contributed by atoms with van der Waals surface area (Å²) in [6.07, 6.45) is 2.07. The number of ether oxygens (including phenoxy) is 1. The summed E-state index contributed by atoms with van der Waals surface area (Å²) >= 11 is 0. The van der Waals surface area contributed by atoms with Crippen LogP contribution >= 0.6 is 0 Å². The molecule has 0 radical (unpaired) electrons. The molecule has 1 rings (SSSR count). The summed E-state index contributed by atoms with van der Waals surface area (Å²) in [5.41, 5.74) is -0.107. The van der Waals surface area contributed by atoms with E-state index in [0.29, 0.717) is 6.61 Å². The molecule has 0 aromatic carbocycles. The minimum atomic E-state index is -0.763. The number of aliphatic carboxylic acids is 1. The van der Waals surface area contributed by atoms with Crippen LogP contribution in [0.4, 0.5) is 0 Å². The van der Waals surface area contributed by atoms with Gasteiger partial charge in [0.05, 0.1) is 30.7 Å². The van der Waals surface area contributed by atoms with Gasteiger partial charge in [-0.1, -0.05) is 25.7 Å². The minimum Gasteiger partial charge on any atom is -0.481 e. The van der Waals surface area contributed by atoms with Gasteiger partial charge in [-0.25, -0.2) is 0 Å². The molecule has 5 heteroatoms. The van der Waals surface area contributed by atoms with Gasteiger partial charge < -0.3 is 9.84 Å². The molecule has 1 saturated heterocycles. The maximum absolute atomic E-state index is 11.2. The van der Waals surface area contributed by atoms with Crippen LogP contribution in [0, 0.1) is 23.7 Å². The maximum Gasteiger partial charge on any atom is 0.309 e. The molecule has 0 aromatic heterocycles. The number of likely N-dealkylation sites (tertiary alicyclic amines) is 1. The second-order valence-corrected chi connectivity index (χ2v) is 7.75.